The Kier molecular flexibility index (Phi) is 8.11. The van der Waals surface area contributed by atoms with Gasteiger partial charge in [-0.2, -0.15) is 5.10 Å². The lowest BCUT2D eigenvalue weighted by molar-refractivity contribution is 0.677. The first-order valence-corrected chi connectivity index (χ1v) is 10.3. The SMILES string of the molecule is CN=C(NCCc1c(C)[nH]c2ccccc12)NCc1ccccc1Cn1cccn1.I. The Labute approximate surface area is 200 Å². The molecule has 0 aliphatic carbocycles. The minimum absolute atomic E-state index is 0. The molecule has 0 radical (unpaired) electrons. The van der Waals surface area contributed by atoms with E-state index in [-0.39, 0.29) is 24.0 Å². The lowest BCUT2D eigenvalue weighted by Crippen LogP contribution is -2.38. The van der Waals surface area contributed by atoms with Crippen molar-refractivity contribution in [2.24, 2.45) is 4.99 Å². The normalized spacial score (nSPS) is 11.4. The molecule has 0 unspecified atom stereocenters. The first-order valence-electron chi connectivity index (χ1n) is 10.3. The van der Waals surface area contributed by atoms with Crippen molar-refractivity contribution in [2.45, 2.75) is 26.4 Å². The molecule has 0 amide bonds. The summed E-state index contributed by atoms with van der Waals surface area (Å²) < 4.78 is 1.94. The molecule has 4 aromatic rings. The van der Waals surface area contributed by atoms with Gasteiger partial charge in [0.05, 0.1) is 6.54 Å². The number of nitrogens with one attached hydrogen (secondary N) is 3. The van der Waals surface area contributed by atoms with Gasteiger partial charge in [0.2, 0.25) is 0 Å². The summed E-state index contributed by atoms with van der Waals surface area (Å²) in [5, 5.41) is 12.5. The summed E-state index contributed by atoms with van der Waals surface area (Å²) >= 11 is 0. The zero-order chi connectivity index (χ0) is 20.8. The molecule has 2 aromatic heterocycles. The van der Waals surface area contributed by atoms with Crippen LogP contribution < -0.4 is 10.6 Å². The predicted octanol–water partition coefficient (Wildman–Crippen LogP) is 4.25. The molecule has 2 aromatic carbocycles. The van der Waals surface area contributed by atoms with Gasteiger partial charge in [0, 0.05) is 49.1 Å². The van der Waals surface area contributed by atoms with Crippen molar-refractivity contribution >= 4 is 40.8 Å². The highest BCUT2D eigenvalue weighted by Crippen LogP contribution is 2.21. The molecule has 0 saturated heterocycles. The summed E-state index contributed by atoms with van der Waals surface area (Å²) in [5.41, 5.74) is 6.27. The topological polar surface area (TPSA) is 70.0 Å². The van der Waals surface area contributed by atoms with E-state index in [2.05, 4.69) is 81.2 Å². The number of aromatic amines is 1. The summed E-state index contributed by atoms with van der Waals surface area (Å²) in [4.78, 5) is 7.85. The number of rotatable bonds is 7. The van der Waals surface area contributed by atoms with E-state index in [0.717, 1.165) is 25.5 Å². The molecular weight excluding hydrogens is 499 g/mol. The van der Waals surface area contributed by atoms with Gasteiger partial charge < -0.3 is 15.6 Å². The zero-order valence-corrected chi connectivity index (χ0v) is 20.3. The quantitative estimate of drug-likeness (QED) is 0.191. The van der Waals surface area contributed by atoms with Crippen molar-refractivity contribution in [3.63, 3.8) is 0 Å². The van der Waals surface area contributed by atoms with Gasteiger partial charge in [-0.3, -0.25) is 9.67 Å². The average Bonchev–Trinajstić information content (AvgIpc) is 3.39. The molecule has 0 saturated carbocycles. The second-order valence-electron chi connectivity index (χ2n) is 7.35. The molecule has 0 bridgehead atoms. The molecule has 0 fully saturated rings. The van der Waals surface area contributed by atoms with Gasteiger partial charge in [0.25, 0.3) is 0 Å². The van der Waals surface area contributed by atoms with Crippen LogP contribution in [-0.4, -0.2) is 34.3 Å². The number of fused-ring (bicyclic) bond motifs is 1. The Morgan fingerprint density at radius 1 is 1.03 bits per heavy atom. The smallest absolute Gasteiger partial charge is 0.191 e. The summed E-state index contributed by atoms with van der Waals surface area (Å²) in [5.74, 6) is 0.807. The second kappa shape index (κ2) is 11.0. The number of guanidine groups is 1. The van der Waals surface area contributed by atoms with Crippen LogP contribution in [0.4, 0.5) is 0 Å². The Balaban J connectivity index is 0.00000272. The first-order chi connectivity index (χ1) is 14.7. The number of para-hydroxylation sites is 1. The Morgan fingerprint density at radius 2 is 1.81 bits per heavy atom. The first kappa shape index (κ1) is 22.9. The summed E-state index contributed by atoms with van der Waals surface area (Å²) in [7, 11) is 1.81. The van der Waals surface area contributed by atoms with Crippen LogP contribution in [0, 0.1) is 6.92 Å². The van der Waals surface area contributed by atoms with Crippen molar-refractivity contribution in [1.82, 2.24) is 25.4 Å². The summed E-state index contributed by atoms with van der Waals surface area (Å²) in [6.07, 6.45) is 4.73. The van der Waals surface area contributed by atoms with Crippen molar-refractivity contribution in [1.29, 1.82) is 0 Å². The van der Waals surface area contributed by atoms with E-state index in [4.69, 9.17) is 0 Å². The van der Waals surface area contributed by atoms with Crippen molar-refractivity contribution in [2.75, 3.05) is 13.6 Å². The molecule has 31 heavy (non-hydrogen) atoms. The Hall–Kier alpha value is -2.81. The van der Waals surface area contributed by atoms with Gasteiger partial charge >= 0.3 is 0 Å². The van der Waals surface area contributed by atoms with E-state index in [9.17, 15) is 0 Å². The molecular formula is C24H29IN6. The number of nitrogens with zero attached hydrogens (tertiary/aromatic N) is 3. The summed E-state index contributed by atoms with van der Waals surface area (Å²) in [6.45, 7) is 4.43. The minimum atomic E-state index is 0. The lowest BCUT2D eigenvalue weighted by Gasteiger charge is -2.14. The van der Waals surface area contributed by atoms with Crippen molar-refractivity contribution in [3.05, 3.63) is 89.4 Å². The molecule has 0 spiro atoms. The van der Waals surface area contributed by atoms with Crippen LogP contribution in [0.2, 0.25) is 0 Å². The number of benzene rings is 2. The van der Waals surface area contributed by atoms with Gasteiger partial charge in [0.1, 0.15) is 0 Å². The van der Waals surface area contributed by atoms with E-state index >= 15 is 0 Å². The second-order valence-corrected chi connectivity index (χ2v) is 7.35. The highest BCUT2D eigenvalue weighted by molar-refractivity contribution is 14.0. The molecule has 3 N–H and O–H groups in total. The van der Waals surface area contributed by atoms with E-state index in [1.807, 2.05) is 30.2 Å². The largest absolute Gasteiger partial charge is 0.358 e. The van der Waals surface area contributed by atoms with E-state index in [1.165, 1.54) is 33.3 Å². The van der Waals surface area contributed by atoms with Gasteiger partial charge in [-0.1, -0.05) is 42.5 Å². The molecule has 4 rings (SSSR count). The van der Waals surface area contributed by atoms with Crippen molar-refractivity contribution < 1.29 is 0 Å². The predicted molar refractivity (Wildman–Crippen MR) is 138 cm³/mol. The van der Waals surface area contributed by atoms with Gasteiger partial charge in [0.15, 0.2) is 5.96 Å². The molecule has 2 heterocycles. The number of aromatic nitrogens is 3. The van der Waals surface area contributed by atoms with Crippen LogP contribution in [0.1, 0.15) is 22.4 Å². The monoisotopic (exact) mass is 528 g/mol. The fraction of sp³-hybridized carbons (Fsp3) is 0.250. The van der Waals surface area contributed by atoms with E-state index in [1.54, 1.807) is 0 Å². The van der Waals surface area contributed by atoms with Gasteiger partial charge in [-0.15, -0.1) is 24.0 Å². The highest BCUT2D eigenvalue weighted by atomic mass is 127. The fourth-order valence-electron chi connectivity index (χ4n) is 3.82. The number of halogens is 1. The van der Waals surface area contributed by atoms with E-state index in [0.29, 0.717) is 6.54 Å². The lowest BCUT2D eigenvalue weighted by atomic mass is 10.1. The van der Waals surface area contributed by atoms with Crippen LogP contribution in [0.3, 0.4) is 0 Å². The molecule has 7 heteroatoms. The molecule has 0 aliphatic heterocycles. The molecule has 0 atom stereocenters. The maximum absolute atomic E-state index is 4.38. The Morgan fingerprint density at radius 3 is 2.58 bits per heavy atom. The van der Waals surface area contributed by atoms with Crippen LogP contribution >= 0.6 is 24.0 Å². The molecule has 0 aliphatic rings. The standard InChI is InChI=1S/C24H28N6.HI/c1-18-21(22-10-5-6-11-23(22)29-18)12-14-26-24(25-2)27-16-19-8-3-4-9-20(19)17-30-15-7-13-28-30;/h3-11,13,15,29H,12,14,16-17H2,1-2H3,(H2,25,26,27);1H. The maximum Gasteiger partial charge on any atom is 0.191 e. The number of hydrogen-bond acceptors (Lipinski definition) is 2. The number of H-pyrrole nitrogens is 1. The van der Waals surface area contributed by atoms with Crippen molar-refractivity contribution in [3.8, 4) is 0 Å². The third-order valence-corrected chi connectivity index (χ3v) is 5.37. The van der Waals surface area contributed by atoms with Gasteiger partial charge in [-0.05, 0) is 42.2 Å². The Bertz CT molecular complexity index is 1130. The third-order valence-electron chi connectivity index (χ3n) is 5.37. The number of hydrogen-bond donors (Lipinski definition) is 3. The molecule has 6 nitrogen and oxygen atoms in total. The molecule has 162 valence electrons. The maximum atomic E-state index is 4.38. The van der Waals surface area contributed by atoms with Gasteiger partial charge in [-0.25, -0.2) is 0 Å². The number of aliphatic imine (C=N–C) groups is 1. The number of aryl methyl sites for hydroxylation is 1. The van der Waals surface area contributed by atoms with Crippen LogP contribution in [0.5, 0.6) is 0 Å². The zero-order valence-electron chi connectivity index (χ0n) is 17.9. The van der Waals surface area contributed by atoms with Crippen LogP contribution in [0.15, 0.2) is 72.0 Å². The van der Waals surface area contributed by atoms with E-state index < -0.39 is 0 Å². The van der Waals surface area contributed by atoms with Crippen LogP contribution in [-0.2, 0) is 19.5 Å². The fourth-order valence-corrected chi connectivity index (χ4v) is 3.82. The van der Waals surface area contributed by atoms with Crippen LogP contribution in [0.25, 0.3) is 10.9 Å². The highest BCUT2D eigenvalue weighted by Gasteiger charge is 2.08. The third kappa shape index (κ3) is 5.66. The summed E-state index contributed by atoms with van der Waals surface area (Å²) in [6, 6.07) is 18.8. The average molecular weight is 528 g/mol. The minimum Gasteiger partial charge on any atom is -0.358 e.